The van der Waals surface area contributed by atoms with Crippen LogP contribution in [0.1, 0.15) is 5.56 Å². The zero-order valence-corrected chi connectivity index (χ0v) is 15.3. The van der Waals surface area contributed by atoms with Crippen molar-refractivity contribution in [3.63, 3.8) is 0 Å². The summed E-state index contributed by atoms with van der Waals surface area (Å²) in [5.74, 6) is 1.19. The molecule has 0 unspecified atom stereocenters. The molecule has 0 fully saturated rings. The van der Waals surface area contributed by atoms with Gasteiger partial charge >= 0.3 is 6.03 Å². The number of carbonyl (C=O) groups excluding carboxylic acids is 1. The number of ether oxygens (including phenoxy) is 2. The number of anilines is 1. The normalized spacial score (nSPS) is 10.2. The average molecular weight is 369 g/mol. The molecule has 0 radical (unpaired) electrons. The van der Waals surface area contributed by atoms with Crippen molar-refractivity contribution in [1.29, 1.82) is 0 Å². The van der Waals surface area contributed by atoms with Crippen LogP contribution in [-0.2, 0) is 6.54 Å². The minimum atomic E-state index is -0.317. The Kier molecular flexibility index (Phi) is 5.70. The van der Waals surface area contributed by atoms with E-state index in [2.05, 4.69) is 15.6 Å². The number of thiophene rings is 1. The fourth-order valence-electron chi connectivity index (χ4n) is 2.40. The smallest absolute Gasteiger partial charge is 0.319 e. The lowest BCUT2D eigenvalue weighted by molar-refractivity contribution is 0.251. The first-order valence-corrected chi connectivity index (χ1v) is 8.88. The fourth-order valence-corrected chi connectivity index (χ4v) is 3.05. The second kappa shape index (κ2) is 8.35. The Labute approximate surface area is 155 Å². The van der Waals surface area contributed by atoms with Gasteiger partial charge in [0.2, 0.25) is 0 Å². The van der Waals surface area contributed by atoms with Crippen molar-refractivity contribution in [3.05, 3.63) is 58.9 Å². The second-order valence-corrected chi connectivity index (χ2v) is 6.22. The highest BCUT2D eigenvalue weighted by molar-refractivity contribution is 7.08. The zero-order valence-electron chi connectivity index (χ0n) is 14.5. The second-order valence-electron chi connectivity index (χ2n) is 5.44. The molecule has 134 valence electrons. The molecule has 0 spiro atoms. The van der Waals surface area contributed by atoms with E-state index in [0.29, 0.717) is 23.7 Å². The van der Waals surface area contributed by atoms with Gasteiger partial charge in [-0.1, -0.05) is 0 Å². The van der Waals surface area contributed by atoms with Crippen LogP contribution >= 0.6 is 11.3 Å². The van der Waals surface area contributed by atoms with Gasteiger partial charge in [-0.15, -0.1) is 0 Å². The predicted molar refractivity (Wildman–Crippen MR) is 103 cm³/mol. The Morgan fingerprint density at radius 1 is 1.15 bits per heavy atom. The van der Waals surface area contributed by atoms with E-state index >= 15 is 0 Å². The summed E-state index contributed by atoms with van der Waals surface area (Å²) in [7, 11) is 3.12. The van der Waals surface area contributed by atoms with Crippen LogP contribution in [0.2, 0.25) is 0 Å². The van der Waals surface area contributed by atoms with E-state index in [0.717, 1.165) is 16.8 Å². The van der Waals surface area contributed by atoms with E-state index < -0.39 is 0 Å². The van der Waals surface area contributed by atoms with Gasteiger partial charge < -0.3 is 20.1 Å². The average Bonchev–Trinajstić information content (AvgIpc) is 3.22. The molecule has 3 rings (SSSR count). The molecule has 1 aromatic carbocycles. The van der Waals surface area contributed by atoms with Crippen molar-refractivity contribution in [3.8, 4) is 22.8 Å². The molecule has 0 saturated carbocycles. The Hall–Kier alpha value is -3.06. The molecule has 3 aromatic rings. The number of rotatable bonds is 6. The number of nitrogens with zero attached hydrogens (tertiary/aromatic N) is 1. The molecule has 7 heteroatoms. The first-order valence-electron chi connectivity index (χ1n) is 7.94. The first-order chi connectivity index (χ1) is 12.7. The van der Waals surface area contributed by atoms with Gasteiger partial charge in [-0.05, 0) is 41.3 Å². The van der Waals surface area contributed by atoms with Gasteiger partial charge in [-0.25, -0.2) is 4.79 Å². The maximum Gasteiger partial charge on any atom is 0.319 e. The molecule has 0 aliphatic rings. The Morgan fingerprint density at radius 2 is 2.04 bits per heavy atom. The monoisotopic (exact) mass is 369 g/mol. The van der Waals surface area contributed by atoms with Crippen molar-refractivity contribution < 1.29 is 14.3 Å². The van der Waals surface area contributed by atoms with E-state index in [1.807, 2.05) is 29.0 Å². The Balaban J connectivity index is 1.62. The van der Waals surface area contributed by atoms with E-state index in [4.69, 9.17) is 9.47 Å². The van der Waals surface area contributed by atoms with Crippen LogP contribution in [0.15, 0.2) is 53.4 Å². The lowest BCUT2D eigenvalue weighted by Gasteiger charge is -2.12. The van der Waals surface area contributed by atoms with Gasteiger partial charge in [0.15, 0.2) is 0 Å². The largest absolute Gasteiger partial charge is 0.497 e. The molecule has 0 aliphatic carbocycles. The minimum absolute atomic E-state index is 0.317. The fraction of sp³-hybridized carbons (Fsp3) is 0.158. The number of urea groups is 1. The molecule has 2 N–H and O–H groups in total. The lowest BCUT2D eigenvalue weighted by atomic mass is 10.1. The van der Waals surface area contributed by atoms with E-state index in [1.165, 1.54) is 0 Å². The van der Waals surface area contributed by atoms with Gasteiger partial charge in [-0.3, -0.25) is 4.98 Å². The van der Waals surface area contributed by atoms with E-state index in [9.17, 15) is 4.79 Å². The van der Waals surface area contributed by atoms with E-state index in [-0.39, 0.29) is 6.03 Å². The van der Waals surface area contributed by atoms with Gasteiger partial charge in [0, 0.05) is 29.8 Å². The third-order valence-electron chi connectivity index (χ3n) is 3.75. The SMILES string of the molecule is COc1ccc(NC(=O)NCc2ccnc(-c3ccsc3)c2)c(OC)c1. The van der Waals surface area contributed by atoms with Crippen LogP contribution in [-0.4, -0.2) is 25.2 Å². The van der Waals surface area contributed by atoms with Crippen molar-refractivity contribution >= 4 is 23.1 Å². The summed E-state index contributed by atoms with van der Waals surface area (Å²) in [6, 6.07) is 10.8. The van der Waals surface area contributed by atoms with Crippen LogP contribution in [0.4, 0.5) is 10.5 Å². The summed E-state index contributed by atoms with van der Waals surface area (Å²) >= 11 is 1.63. The summed E-state index contributed by atoms with van der Waals surface area (Å²) in [4.78, 5) is 16.6. The van der Waals surface area contributed by atoms with Crippen LogP contribution in [0.3, 0.4) is 0 Å². The van der Waals surface area contributed by atoms with Gasteiger partial charge in [0.1, 0.15) is 11.5 Å². The minimum Gasteiger partial charge on any atom is -0.497 e. The van der Waals surface area contributed by atoms with Crippen molar-refractivity contribution in [1.82, 2.24) is 10.3 Å². The molecule has 0 bridgehead atoms. The summed E-state index contributed by atoms with van der Waals surface area (Å²) < 4.78 is 10.4. The zero-order chi connectivity index (χ0) is 18.4. The number of methoxy groups -OCH3 is 2. The number of pyridine rings is 1. The van der Waals surface area contributed by atoms with Gasteiger partial charge in [0.05, 0.1) is 25.6 Å². The van der Waals surface area contributed by atoms with Crippen LogP contribution in [0, 0.1) is 0 Å². The van der Waals surface area contributed by atoms with Crippen LogP contribution in [0.25, 0.3) is 11.3 Å². The number of carbonyl (C=O) groups is 1. The number of benzene rings is 1. The Bertz CT molecular complexity index is 881. The van der Waals surface area contributed by atoms with Crippen LogP contribution in [0.5, 0.6) is 11.5 Å². The molecule has 2 aromatic heterocycles. The highest BCUT2D eigenvalue weighted by Gasteiger charge is 2.09. The maximum atomic E-state index is 12.2. The summed E-state index contributed by atoms with van der Waals surface area (Å²) in [6.45, 7) is 0.393. The molecule has 0 aliphatic heterocycles. The predicted octanol–water partition coefficient (Wildman–Crippen LogP) is 4.15. The topological polar surface area (TPSA) is 72.5 Å². The number of hydrogen-bond acceptors (Lipinski definition) is 5. The quantitative estimate of drug-likeness (QED) is 0.685. The molecule has 0 saturated heterocycles. The maximum absolute atomic E-state index is 12.2. The van der Waals surface area contributed by atoms with E-state index in [1.54, 1.807) is 50.0 Å². The first kappa shape index (κ1) is 17.8. The molecule has 2 heterocycles. The van der Waals surface area contributed by atoms with Crippen molar-refractivity contribution in [2.75, 3.05) is 19.5 Å². The highest BCUT2D eigenvalue weighted by Crippen LogP contribution is 2.28. The number of nitrogens with one attached hydrogen (secondary N) is 2. The lowest BCUT2D eigenvalue weighted by Crippen LogP contribution is -2.28. The molecule has 26 heavy (non-hydrogen) atoms. The molecular weight excluding hydrogens is 350 g/mol. The number of amides is 2. The number of hydrogen-bond donors (Lipinski definition) is 2. The molecule has 2 amide bonds. The third kappa shape index (κ3) is 4.31. The molecule has 0 atom stereocenters. The summed E-state index contributed by atoms with van der Waals surface area (Å²) in [5, 5.41) is 9.67. The van der Waals surface area contributed by atoms with Crippen molar-refractivity contribution in [2.24, 2.45) is 0 Å². The summed E-state index contributed by atoms with van der Waals surface area (Å²) in [5.41, 5.74) is 3.50. The Morgan fingerprint density at radius 3 is 2.77 bits per heavy atom. The third-order valence-corrected chi connectivity index (χ3v) is 4.43. The van der Waals surface area contributed by atoms with Crippen molar-refractivity contribution in [2.45, 2.75) is 6.54 Å². The molecule has 6 nitrogen and oxygen atoms in total. The van der Waals surface area contributed by atoms with Crippen LogP contribution < -0.4 is 20.1 Å². The molecular formula is C19H19N3O3S. The van der Waals surface area contributed by atoms with Gasteiger partial charge in [-0.2, -0.15) is 11.3 Å². The van der Waals surface area contributed by atoms with Gasteiger partial charge in [0.25, 0.3) is 0 Å². The highest BCUT2D eigenvalue weighted by atomic mass is 32.1. The summed E-state index contributed by atoms with van der Waals surface area (Å²) in [6.07, 6.45) is 1.74. The number of aromatic nitrogens is 1. The standard InChI is InChI=1S/C19H19N3O3S/c1-24-15-3-4-16(18(10-15)25-2)22-19(23)21-11-13-5-7-20-17(9-13)14-6-8-26-12-14/h3-10,12H,11H2,1-2H3,(H2,21,22,23).